The van der Waals surface area contributed by atoms with Crippen LogP contribution in [0.4, 0.5) is 5.69 Å². The third-order valence-corrected chi connectivity index (χ3v) is 12.2. The van der Waals surface area contributed by atoms with Gasteiger partial charge in [-0.15, -0.1) is 5.54 Å². The number of nitrogens with zero attached hydrogens (tertiary/aromatic N) is 1. The Kier molecular flexibility index (Phi) is 11.8. The molecule has 0 saturated heterocycles. The zero-order valence-corrected chi connectivity index (χ0v) is 32.9. The minimum absolute atomic E-state index is 0.0313. The Labute approximate surface area is 302 Å². The van der Waals surface area contributed by atoms with Crippen LogP contribution >= 0.6 is 0 Å². The molecule has 5 rings (SSSR count). The van der Waals surface area contributed by atoms with Crippen LogP contribution in [0.2, 0.25) is 19.6 Å². The first-order chi connectivity index (χ1) is 23.7. The summed E-state index contributed by atoms with van der Waals surface area (Å²) in [6.45, 7) is 14.8. The molecule has 2 fully saturated rings. The Balaban J connectivity index is 1.48. The normalized spacial score (nSPS) is 26.7. The standard InChI is InChI=1S/C42H61N3O4Si/c1-9-11-14-34-24-32-25-35(48-5)19-20-36(32)39(45(34)37(46)21-23-50(6,7)8)31-15-17-33(18-16-31)44-41-22-12-13-30(26-41)27-42(10-2,28-41)49-40(47)38(43)29(3)4/h15-20,25,29-30,34,38-39,44H,9-14,22,24,26-28,43H2,1-8H3/t30?,34-,38-,39-,41?,42?/m0/s1. The van der Waals surface area contributed by atoms with Gasteiger partial charge >= 0.3 is 5.97 Å². The third-order valence-electron chi connectivity index (χ3n) is 11.3. The molecule has 2 saturated carbocycles. The summed E-state index contributed by atoms with van der Waals surface area (Å²) in [6, 6.07) is 14.2. The Morgan fingerprint density at radius 3 is 2.48 bits per heavy atom. The number of rotatable bonds is 11. The Hall–Kier alpha value is -3.28. The van der Waals surface area contributed by atoms with Crippen molar-refractivity contribution in [3.8, 4) is 17.2 Å². The van der Waals surface area contributed by atoms with Crippen LogP contribution in [-0.4, -0.2) is 55.2 Å². The van der Waals surface area contributed by atoms with E-state index in [0.29, 0.717) is 5.92 Å². The molecule has 7 nitrogen and oxygen atoms in total. The molecule has 2 aromatic carbocycles. The highest BCUT2D eigenvalue weighted by Gasteiger charge is 2.52. The van der Waals surface area contributed by atoms with Crippen molar-refractivity contribution in [1.82, 2.24) is 4.90 Å². The lowest BCUT2D eigenvalue weighted by Crippen LogP contribution is -2.57. The third kappa shape index (κ3) is 8.59. The average molecular weight is 700 g/mol. The van der Waals surface area contributed by atoms with Crippen LogP contribution in [0.1, 0.15) is 115 Å². The minimum atomic E-state index is -1.76. The largest absolute Gasteiger partial charge is 0.497 e. The molecule has 50 heavy (non-hydrogen) atoms. The highest BCUT2D eigenvalue weighted by Crippen LogP contribution is 2.51. The van der Waals surface area contributed by atoms with Crippen LogP contribution in [0.5, 0.6) is 5.75 Å². The Morgan fingerprint density at radius 2 is 1.84 bits per heavy atom. The van der Waals surface area contributed by atoms with Crippen LogP contribution in [0.3, 0.4) is 0 Å². The Bertz CT molecular complexity index is 1570. The quantitative estimate of drug-likeness (QED) is 0.139. The van der Waals surface area contributed by atoms with E-state index in [4.69, 9.17) is 15.2 Å². The predicted octanol–water partition coefficient (Wildman–Crippen LogP) is 8.42. The summed E-state index contributed by atoms with van der Waals surface area (Å²) in [5.41, 5.74) is 13.4. The number of nitrogens with two attached hydrogens (primary N) is 1. The van der Waals surface area contributed by atoms with E-state index in [1.54, 1.807) is 7.11 Å². The minimum Gasteiger partial charge on any atom is -0.497 e. The molecule has 2 aliphatic carbocycles. The van der Waals surface area contributed by atoms with E-state index in [-0.39, 0.29) is 35.4 Å². The van der Waals surface area contributed by atoms with Crippen LogP contribution in [-0.2, 0) is 20.7 Å². The number of methoxy groups -OCH3 is 1. The van der Waals surface area contributed by atoms with Crippen molar-refractivity contribution in [1.29, 1.82) is 0 Å². The van der Waals surface area contributed by atoms with Crippen LogP contribution in [0.15, 0.2) is 42.5 Å². The first kappa shape index (κ1) is 38.0. The number of carbonyl (C=O) groups excluding carboxylic acids is 2. The fourth-order valence-corrected chi connectivity index (χ4v) is 9.18. The van der Waals surface area contributed by atoms with Gasteiger partial charge in [-0.25, -0.2) is 0 Å². The van der Waals surface area contributed by atoms with Crippen molar-refractivity contribution in [3.63, 3.8) is 0 Å². The number of esters is 1. The lowest BCUT2D eigenvalue weighted by Gasteiger charge is -2.54. The first-order valence-corrected chi connectivity index (χ1v) is 22.6. The molecule has 272 valence electrons. The van der Waals surface area contributed by atoms with E-state index < -0.39 is 19.7 Å². The number of hydrogen-bond donors (Lipinski definition) is 2. The second-order valence-corrected chi connectivity index (χ2v) is 21.5. The number of fused-ring (bicyclic) bond motifs is 3. The van der Waals surface area contributed by atoms with Gasteiger partial charge in [0.15, 0.2) is 0 Å². The molecule has 3 aliphatic rings. The van der Waals surface area contributed by atoms with E-state index in [2.05, 4.69) is 91.6 Å². The lowest BCUT2D eigenvalue weighted by atomic mass is 9.61. The maximum atomic E-state index is 14.1. The molecule has 1 aliphatic heterocycles. The van der Waals surface area contributed by atoms with Crippen LogP contribution in [0.25, 0.3) is 0 Å². The van der Waals surface area contributed by atoms with Gasteiger partial charge < -0.3 is 25.4 Å². The number of anilines is 1. The molecule has 1 amide bonds. The lowest BCUT2D eigenvalue weighted by molar-refractivity contribution is -0.173. The maximum Gasteiger partial charge on any atom is 0.323 e. The summed E-state index contributed by atoms with van der Waals surface area (Å²) < 4.78 is 12.0. The predicted molar refractivity (Wildman–Crippen MR) is 206 cm³/mol. The van der Waals surface area contributed by atoms with Gasteiger partial charge in [0.05, 0.1) is 13.2 Å². The van der Waals surface area contributed by atoms with Crippen LogP contribution in [0, 0.1) is 23.3 Å². The smallest absolute Gasteiger partial charge is 0.323 e. The number of nitrogens with one attached hydrogen (secondary N) is 1. The molecule has 6 atom stereocenters. The number of ether oxygens (including phenoxy) is 2. The van der Waals surface area contributed by atoms with E-state index >= 15 is 0 Å². The van der Waals surface area contributed by atoms with E-state index in [0.717, 1.165) is 93.2 Å². The molecular weight excluding hydrogens is 639 g/mol. The van der Waals surface area contributed by atoms with E-state index in [1.807, 2.05) is 19.9 Å². The van der Waals surface area contributed by atoms with Gasteiger partial charge in [0.25, 0.3) is 5.91 Å². The van der Waals surface area contributed by atoms with Gasteiger partial charge in [-0.1, -0.05) is 91.2 Å². The summed E-state index contributed by atoms with van der Waals surface area (Å²) in [5, 5.41) is 3.97. The highest BCUT2D eigenvalue weighted by molar-refractivity contribution is 6.84. The van der Waals surface area contributed by atoms with Crippen molar-refractivity contribution < 1.29 is 19.1 Å². The fourth-order valence-electron chi connectivity index (χ4n) is 8.70. The van der Waals surface area contributed by atoms with Crippen molar-refractivity contribution in [3.05, 3.63) is 59.2 Å². The van der Waals surface area contributed by atoms with Gasteiger partial charge in [-0.05, 0) is 97.2 Å². The number of hydrogen-bond acceptors (Lipinski definition) is 6. The summed E-state index contributed by atoms with van der Waals surface area (Å²) >= 11 is 0. The zero-order valence-electron chi connectivity index (χ0n) is 31.9. The van der Waals surface area contributed by atoms with E-state index in [1.165, 1.54) is 5.56 Å². The van der Waals surface area contributed by atoms with Crippen LogP contribution < -0.4 is 15.8 Å². The number of amides is 1. The highest BCUT2D eigenvalue weighted by atomic mass is 28.3. The second kappa shape index (κ2) is 15.5. The van der Waals surface area contributed by atoms with Gasteiger partial charge in [-0.2, -0.15) is 0 Å². The number of carbonyl (C=O) groups is 2. The monoisotopic (exact) mass is 699 g/mol. The number of benzene rings is 2. The van der Waals surface area contributed by atoms with Crippen molar-refractivity contribution in [2.45, 2.75) is 147 Å². The summed E-state index contributed by atoms with van der Waals surface area (Å²) in [6.07, 6.45) is 10.7. The number of unbranched alkanes of at least 4 members (excludes halogenated alkanes) is 1. The molecule has 1 heterocycles. The SMILES string of the molecule is CCCC[C@H]1Cc2cc(OC)ccc2[C@H](c2ccc(NC34CCCC(C3)CC(CC)(OC(=O)[C@@H](N)C(C)C)C4)cc2)N1C(=O)C#C[Si](C)(C)C. The second-order valence-electron chi connectivity index (χ2n) is 16.8. The molecule has 2 aromatic rings. The molecule has 3 unspecified atom stereocenters. The molecule has 2 bridgehead atoms. The van der Waals surface area contributed by atoms with E-state index in [9.17, 15) is 9.59 Å². The summed E-state index contributed by atoms with van der Waals surface area (Å²) in [4.78, 5) is 29.3. The summed E-state index contributed by atoms with van der Waals surface area (Å²) in [7, 11) is -0.0490. The average Bonchev–Trinajstić information content (AvgIpc) is 3.08. The van der Waals surface area contributed by atoms with Gasteiger partial charge in [0.1, 0.15) is 25.5 Å². The Morgan fingerprint density at radius 1 is 1.10 bits per heavy atom. The maximum absolute atomic E-state index is 14.1. The van der Waals surface area contributed by atoms with Crippen molar-refractivity contribution in [2.24, 2.45) is 17.6 Å². The van der Waals surface area contributed by atoms with Crippen molar-refractivity contribution >= 4 is 25.6 Å². The molecule has 8 heteroatoms. The molecule has 0 radical (unpaired) electrons. The zero-order chi connectivity index (χ0) is 36.3. The first-order valence-electron chi connectivity index (χ1n) is 19.1. The van der Waals surface area contributed by atoms with Gasteiger partial charge in [-0.3, -0.25) is 9.59 Å². The van der Waals surface area contributed by atoms with Gasteiger partial charge in [0, 0.05) is 23.7 Å². The molecule has 0 aromatic heterocycles. The molecule has 3 N–H and O–H groups in total. The summed E-state index contributed by atoms with van der Waals surface area (Å²) in [5.74, 6) is 4.11. The molecular formula is C42H61N3O4Si. The molecule has 0 spiro atoms. The van der Waals surface area contributed by atoms with Crippen molar-refractivity contribution in [2.75, 3.05) is 12.4 Å². The van der Waals surface area contributed by atoms with Gasteiger partial charge in [0.2, 0.25) is 0 Å². The fraction of sp³-hybridized carbons (Fsp3) is 0.619. The topological polar surface area (TPSA) is 93.9 Å².